The Morgan fingerprint density at radius 3 is 2.73 bits per heavy atom. The molecule has 4 rings (SSSR count). The van der Waals surface area contributed by atoms with Gasteiger partial charge >= 0.3 is 0 Å². The van der Waals surface area contributed by atoms with Crippen molar-refractivity contribution < 1.29 is 9.32 Å². The van der Waals surface area contributed by atoms with Crippen LogP contribution in [-0.2, 0) is 13.6 Å². The summed E-state index contributed by atoms with van der Waals surface area (Å²) in [6, 6.07) is 1.95. The van der Waals surface area contributed by atoms with E-state index in [0.717, 1.165) is 41.7 Å². The molecule has 0 bridgehead atoms. The Morgan fingerprint density at radius 2 is 2.08 bits per heavy atom. The summed E-state index contributed by atoms with van der Waals surface area (Å²) in [4.78, 5) is 22.0. The SMILES string of the molecule is Cc1cc(CN2CCN(C(=O)c3cnc(-c4cnn(C)c4)s3)CC2)no1. The van der Waals surface area contributed by atoms with Crippen molar-refractivity contribution in [3.05, 3.63) is 41.0 Å². The van der Waals surface area contributed by atoms with E-state index in [0.29, 0.717) is 18.0 Å². The second-order valence-corrected chi connectivity index (χ2v) is 7.46. The summed E-state index contributed by atoms with van der Waals surface area (Å²) in [5.74, 6) is 0.873. The van der Waals surface area contributed by atoms with Crippen LogP contribution in [0.15, 0.2) is 29.2 Å². The zero-order valence-electron chi connectivity index (χ0n) is 14.8. The molecule has 0 aliphatic carbocycles. The molecule has 4 heterocycles. The fourth-order valence-electron chi connectivity index (χ4n) is 3.02. The first-order chi connectivity index (χ1) is 12.6. The fourth-order valence-corrected chi connectivity index (χ4v) is 3.88. The van der Waals surface area contributed by atoms with Gasteiger partial charge in [0.15, 0.2) is 0 Å². The second kappa shape index (κ2) is 7.00. The maximum atomic E-state index is 12.7. The summed E-state index contributed by atoms with van der Waals surface area (Å²) >= 11 is 1.42. The largest absolute Gasteiger partial charge is 0.361 e. The van der Waals surface area contributed by atoms with Gasteiger partial charge in [-0.2, -0.15) is 5.10 Å². The number of nitrogens with zero attached hydrogens (tertiary/aromatic N) is 6. The fraction of sp³-hybridized carbons (Fsp3) is 0.412. The number of amides is 1. The molecule has 0 unspecified atom stereocenters. The van der Waals surface area contributed by atoms with Crippen molar-refractivity contribution in [2.75, 3.05) is 26.2 Å². The van der Waals surface area contributed by atoms with Gasteiger partial charge < -0.3 is 9.42 Å². The van der Waals surface area contributed by atoms with Gasteiger partial charge in [-0.05, 0) is 6.92 Å². The molecule has 0 N–H and O–H groups in total. The van der Waals surface area contributed by atoms with Gasteiger partial charge in [0, 0.05) is 57.6 Å². The van der Waals surface area contributed by atoms with Gasteiger partial charge in [0.05, 0.1) is 18.1 Å². The van der Waals surface area contributed by atoms with Crippen LogP contribution in [0, 0.1) is 6.92 Å². The Labute approximate surface area is 155 Å². The predicted molar refractivity (Wildman–Crippen MR) is 96.7 cm³/mol. The third kappa shape index (κ3) is 3.54. The molecule has 0 spiro atoms. The molecular formula is C17H20N6O2S. The lowest BCUT2D eigenvalue weighted by atomic mass is 10.2. The molecule has 0 saturated carbocycles. The molecule has 0 aromatic carbocycles. The molecule has 1 saturated heterocycles. The van der Waals surface area contributed by atoms with Gasteiger partial charge in [0.1, 0.15) is 15.6 Å². The van der Waals surface area contributed by atoms with Crippen molar-refractivity contribution in [2.24, 2.45) is 7.05 Å². The van der Waals surface area contributed by atoms with E-state index in [-0.39, 0.29) is 5.91 Å². The Bertz CT molecular complexity index is 906. The van der Waals surface area contributed by atoms with Crippen molar-refractivity contribution >= 4 is 17.2 Å². The quantitative estimate of drug-likeness (QED) is 0.695. The average Bonchev–Trinajstić information content (AvgIpc) is 3.36. The van der Waals surface area contributed by atoms with Crippen LogP contribution in [0.25, 0.3) is 10.6 Å². The first-order valence-corrected chi connectivity index (χ1v) is 9.29. The van der Waals surface area contributed by atoms with Crippen LogP contribution in [0.3, 0.4) is 0 Å². The first-order valence-electron chi connectivity index (χ1n) is 8.47. The maximum absolute atomic E-state index is 12.7. The van der Waals surface area contributed by atoms with Crippen LogP contribution in [0.5, 0.6) is 0 Å². The van der Waals surface area contributed by atoms with Crippen LogP contribution in [0.1, 0.15) is 21.1 Å². The van der Waals surface area contributed by atoms with E-state index in [1.807, 2.05) is 31.1 Å². The number of carbonyl (C=O) groups excluding carboxylic acids is 1. The van der Waals surface area contributed by atoms with E-state index in [1.165, 1.54) is 11.3 Å². The first kappa shape index (κ1) is 16.9. The van der Waals surface area contributed by atoms with Gasteiger partial charge in [-0.3, -0.25) is 14.4 Å². The molecule has 3 aromatic rings. The minimum Gasteiger partial charge on any atom is -0.361 e. The minimum atomic E-state index is 0.0505. The number of rotatable bonds is 4. The van der Waals surface area contributed by atoms with E-state index >= 15 is 0 Å². The highest BCUT2D eigenvalue weighted by Gasteiger charge is 2.24. The van der Waals surface area contributed by atoms with E-state index in [1.54, 1.807) is 17.1 Å². The number of aromatic nitrogens is 4. The van der Waals surface area contributed by atoms with Gasteiger partial charge in [-0.25, -0.2) is 4.98 Å². The highest BCUT2D eigenvalue weighted by molar-refractivity contribution is 7.16. The summed E-state index contributed by atoms with van der Waals surface area (Å²) < 4.78 is 6.84. The number of piperazine rings is 1. The predicted octanol–water partition coefficient (Wildman–Crippen LogP) is 1.80. The molecule has 0 atom stereocenters. The zero-order chi connectivity index (χ0) is 18.1. The van der Waals surface area contributed by atoms with Crippen LogP contribution < -0.4 is 0 Å². The number of hydrogen-bond donors (Lipinski definition) is 0. The molecule has 26 heavy (non-hydrogen) atoms. The standard InChI is InChI=1S/C17H20N6O2S/c1-12-7-14(20-25-12)11-22-3-5-23(6-4-22)17(24)15-9-18-16(26-15)13-8-19-21(2)10-13/h7-10H,3-6,11H2,1-2H3. The summed E-state index contributed by atoms with van der Waals surface area (Å²) in [6.07, 6.45) is 5.33. The van der Waals surface area contributed by atoms with Crippen molar-refractivity contribution in [3.63, 3.8) is 0 Å². The monoisotopic (exact) mass is 372 g/mol. The van der Waals surface area contributed by atoms with Crippen molar-refractivity contribution in [3.8, 4) is 10.6 Å². The molecular weight excluding hydrogens is 352 g/mol. The van der Waals surface area contributed by atoms with Crippen LogP contribution in [0.2, 0.25) is 0 Å². The van der Waals surface area contributed by atoms with E-state index < -0.39 is 0 Å². The van der Waals surface area contributed by atoms with E-state index in [4.69, 9.17) is 4.52 Å². The Balaban J connectivity index is 1.35. The molecule has 1 fully saturated rings. The normalized spacial score (nSPS) is 15.5. The molecule has 0 radical (unpaired) electrons. The van der Waals surface area contributed by atoms with Gasteiger partial charge in [0.2, 0.25) is 0 Å². The van der Waals surface area contributed by atoms with Crippen molar-refractivity contribution in [1.29, 1.82) is 0 Å². The molecule has 3 aromatic heterocycles. The molecule has 1 aliphatic heterocycles. The molecule has 136 valence electrons. The number of hydrogen-bond acceptors (Lipinski definition) is 7. The summed E-state index contributed by atoms with van der Waals surface area (Å²) in [6.45, 7) is 5.70. The smallest absolute Gasteiger partial charge is 0.265 e. The molecule has 1 aliphatic rings. The van der Waals surface area contributed by atoms with Crippen molar-refractivity contribution in [2.45, 2.75) is 13.5 Å². The number of carbonyl (C=O) groups is 1. The Morgan fingerprint density at radius 1 is 1.27 bits per heavy atom. The Hall–Kier alpha value is -2.52. The Kier molecular flexibility index (Phi) is 4.56. The maximum Gasteiger partial charge on any atom is 0.265 e. The second-order valence-electron chi connectivity index (χ2n) is 6.43. The third-order valence-electron chi connectivity index (χ3n) is 4.39. The topological polar surface area (TPSA) is 80.3 Å². The van der Waals surface area contributed by atoms with E-state index in [2.05, 4.69) is 20.1 Å². The number of aryl methyl sites for hydroxylation is 2. The summed E-state index contributed by atoms with van der Waals surface area (Å²) in [7, 11) is 1.86. The molecule has 8 nitrogen and oxygen atoms in total. The highest BCUT2D eigenvalue weighted by atomic mass is 32.1. The van der Waals surface area contributed by atoms with Gasteiger partial charge in [-0.1, -0.05) is 5.16 Å². The lowest BCUT2D eigenvalue weighted by molar-refractivity contribution is 0.0630. The molecule has 9 heteroatoms. The zero-order valence-corrected chi connectivity index (χ0v) is 15.6. The third-order valence-corrected chi connectivity index (χ3v) is 5.42. The van der Waals surface area contributed by atoms with Crippen molar-refractivity contribution in [1.82, 2.24) is 29.7 Å². The summed E-state index contributed by atoms with van der Waals surface area (Å²) in [5, 5.41) is 9.01. The van der Waals surface area contributed by atoms with Gasteiger partial charge in [0.25, 0.3) is 5.91 Å². The number of thiazole rings is 1. The van der Waals surface area contributed by atoms with Gasteiger partial charge in [-0.15, -0.1) is 11.3 Å². The highest BCUT2D eigenvalue weighted by Crippen LogP contribution is 2.25. The van der Waals surface area contributed by atoms with E-state index in [9.17, 15) is 4.79 Å². The lowest BCUT2D eigenvalue weighted by Gasteiger charge is -2.33. The van der Waals surface area contributed by atoms with Crippen LogP contribution in [0.4, 0.5) is 0 Å². The summed E-state index contributed by atoms with van der Waals surface area (Å²) in [5.41, 5.74) is 1.87. The average molecular weight is 372 g/mol. The van der Waals surface area contributed by atoms with Crippen LogP contribution in [-0.4, -0.2) is 61.8 Å². The molecule has 1 amide bonds. The minimum absolute atomic E-state index is 0.0505. The lowest BCUT2D eigenvalue weighted by Crippen LogP contribution is -2.48. The van der Waals surface area contributed by atoms with Crippen LogP contribution >= 0.6 is 11.3 Å².